The molecule has 2 rings (SSSR count). The first-order valence-electron chi connectivity index (χ1n) is 5.04. The highest BCUT2D eigenvalue weighted by Crippen LogP contribution is 2.26. The van der Waals surface area contributed by atoms with Gasteiger partial charge in [0.2, 0.25) is 5.95 Å². The van der Waals surface area contributed by atoms with E-state index >= 15 is 0 Å². The van der Waals surface area contributed by atoms with Crippen molar-refractivity contribution in [2.75, 3.05) is 19.0 Å². The minimum Gasteiger partial charge on any atom is -0.378 e. The van der Waals surface area contributed by atoms with E-state index in [1.165, 1.54) is 6.07 Å². The molecule has 0 radical (unpaired) electrons. The Morgan fingerprint density at radius 2 is 2.00 bits per heavy atom. The molecule has 0 spiro atoms. The van der Waals surface area contributed by atoms with Crippen LogP contribution >= 0.6 is 11.6 Å². The molecule has 0 aliphatic carbocycles. The molecule has 2 aromatic rings. The van der Waals surface area contributed by atoms with Gasteiger partial charge < -0.3 is 4.90 Å². The number of halogens is 2. The summed E-state index contributed by atoms with van der Waals surface area (Å²) in [5.74, 6) is -0.595. The molecule has 0 aliphatic heterocycles. The van der Waals surface area contributed by atoms with E-state index < -0.39 is 5.95 Å². The van der Waals surface area contributed by atoms with Crippen LogP contribution in [-0.2, 0) is 0 Å². The first-order valence-corrected chi connectivity index (χ1v) is 5.41. The van der Waals surface area contributed by atoms with Gasteiger partial charge in [-0.3, -0.25) is 4.98 Å². The Labute approximate surface area is 104 Å². The Hall–Kier alpha value is -1.68. The SMILES string of the molecule is CN(C)c1ccnc(-c2ccc(F)nc2Cl)c1. The highest BCUT2D eigenvalue weighted by atomic mass is 35.5. The molecule has 0 bridgehead atoms. The zero-order valence-electron chi connectivity index (χ0n) is 9.48. The molecule has 2 heterocycles. The maximum atomic E-state index is 12.8. The van der Waals surface area contributed by atoms with Gasteiger partial charge in [-0.15, -0.1) is 0 Å². The standard InChI is InChI=1S/C12H11ClFN3/c1-17(2)8-5-6-15-10(7-8)9-3-4-11(14)16-12(9)13/h3-7H,1-2H3. The van der Waals surface area contributed by atoms with Crippen molar-refractivity contribution >= 4 is 17.3 Å². The molecule has 0 unspecified atom stereocenters. The molecule has 17 heavy (non-hydrogen) atoms. The van der Waals surface area contributed by atoms with Gasteiger partial charge in [0.05, 0.1) is 5.69 Å². The average molecular weight is 252 g/mol. The Bertz CT molecular complexity index is 543. The predicted octanol–water partition coefficient (Wildman–Crippen LogP) is 3.00. The van der Waals surface area contributed by atoms with Crippen LogP contribution in [0, 0.1) is 5.95 Å². The van der Waals surface area contributed by atoms with Crippen LogP contribution in [0.3, 0.4) is 0 Å². The van der Waals surface area contributed by atoms with Crippen molar-refractivity contribution in [2.45, 2.75) is 0 Å². The van der Waals surface area contributed by atoms with Crippen molar-refractivity contribution in [3.8, 4) is 11.3 Å². The van der Waals surface area contributed by atoms with Crippen LogP contribution in [0.2, 0.25) is 5.15 Å². The number of rotatable bonds is 2. The second-order valence-corrected chi connectivity index (χ2v) is 4.12. The lowest BCUT2D eigenvalue weighted by Crippen LogP contribution is -2.08. The van der Waals surface area contributed by atoms with Crippen LogP contribution in [-0.4, -0.2) is 24.1 Å². The van der Waals surface area contributed by atoms with Gasteiger partial charge in [-0.25, -0.2) is 4.98 Å². The van der Waals surface area contributed by atoms with Crippen LogP contribution in [0.25, 0.3) is 11.3 Å². The molecule has 0 aliphatic rings. The molecule has 88 valence electrons. The number of aromatic nitrogens is 2. The minimum absolute atomic E-state index is 0.119. The fourth-order valence-electron chi connectivity index (χ4n) is 1.45. The van der Waals surface area contributed by atoms with E-state index in [-0.39, 0.29) is 5.15 Å². The van der Waals surface area contributed by atoms with Gasteiger partial charge in [0.15, 0.2) is 0 Å². The van der Waals surface area contributed by atoms with E-state index in [0.29, 0.717) is 11.3 Å². The van der Waals surface area contributed by atoms with Crippen molar-refractivity contribution in [3.05, 3.63) is 41.6 Å². The maximum Gasteiger partial charge on any atom is 0.214 e. The quantitative estimate of drug-likeness (QED) is 0.769. The number of anilines is 1. The van der Waals surface area contributed by atoms with E-state index in [0.717, 1.165) is 5.69 Å². The monoisotopic (exact) mass is 251 g/mol. The summed E-state index contributed by atoms with van der Waals surface area (Å²) < 4.78 is 12.8. The topological polar surface area (TPSA) is 29.0 Å². The van der Waals surface area contributed by atoms with Crippen LogP contribution in [0.4, 0.5) is 10.1 Å². The molecule has 2 aromatic heterocycles. The van der Waals surface area contributed by atoms with Crippen LogP contribution in [0.1, 0.15) is 0 Å². The number of pyridine rings is 2. The molecule has 3 nitrogen and oxygen atoms in total. The summed E-state index contributed by atoms with van der Waals surface area (Å²) >= 11 is 5.89. The third-order valence-electron chi connectivity index (χ3n) is 2.35. The first kappa shape index (κ1) is 11.8. The van der Waals surface area contributed by atoms with Gasteiger partial charge in [-0.1, -0.05) is 11.6 Å². The van der Waals surface area contributed by atoms with Gasteiger partial charge in [0.1, 0.15) is 5.15 Å². The lowest BCUT2D eigenvalue weighted by atomic mass is 10.2. The zero-order valence-corrected chi connectivity index (χ0v) is 10.2. The summed E-state index contributed by atoms with van der Waals surface area (Å²) in [6.45, 7) is 0. The Morgan fingerprint density at radius 1 is 1.24 bits per heavy atom. The molecular weight excluding hydrogens is 241 g/mol. The molecule has 0 fully saturated rings. The van der Waals surface area contributed by atoms with Crippen molar-refractivity contribution in [1.29, 1.82) is 0 Å². The number of hydrogen-bond donors (Lipinski definition) is 0. The third kappa shape index (κ3) is 2.53. The number of nitrogens with zero attached hydrogens (tertiary/aromatic N) is 3. The second kappa shape index (κ2) is 4.67. The summed E-state index contributed by atoms with van der Waals surface area (Å²) in [4.78, 5) is 9.73. The minimum atomic E-state index is -0.595. The molecule has 0 atom stereocenters. The Kier molecular flexibility index (Phi) is 3.24. The van der Waals surface area contributed by atoms with E-state index in [4.69, 9.17) is 11.6 Å². The summed E-state index contributed by atoms with van der Waals surface area (Å²) in [6, 6.07) is 6.60. The van der Waals surface area contributed by atoms with Crippen molar-refractivity contribution < 1.29 is 4.39 Å². The van der Waals surface area contributed by atoms with Crippen molar-refractivity contribution in [1.82, 2.24) is 9.97 Å². The fourth-order valence-corrected chi connectivity index (χ4v) is 1.69. The first-order chi connectivity index (χ1) is 8.08. The van der Waals surface area contributed by atoms with Crippen LogP contribution in [0.15, 0.2) is 30.5 Å². The average Bonchev–Trinajstić information content (AvgIpc) is 2.29. The van der Waals surface area contributed by atoms with E-state index in [9.17, 15) is 4.39 Å². The summed E-state index contributed by atoms with van der Waals surface area (Å²) in [5.41, 5.74) is 2.29. The van der Waals surface area contributed by atoms with Gasteiger partial charge in [0, 0.05) is 31.5 Å². The zero-order chi connectivity index (χ0) is 12.4. The van der Waals surface area contributed by atoms with Gasteiger partial charge in [-0.05, 0) is 24.3 Å². The molecular formula is C12H11ClFN3. The number of hydrogen-bond acceptors (Lipinski definition) is 3. The van der Waals surface area contributed by atoms with Crippen LogP contribution in [0.5, 0.6) is 0 Å². The molecule has 0 aromatic carbocycles. The normalized spacial score (nSPS) is 10.4. The lowest BCUT2D eigenvalue weighted by Gasteiger charge is -2.13. The van der Waals surface area contributed by atoms with Gasteiger partial charge in [-0.2, -0.15) is 4.39 Å². The van der Waals surface area contributed by atoms with Crippen molar-refractivity contribution in [3.63, 3.8) is 0 Å². The second-order valence-electron chi connectivity index (χ2n) is 3.77. The third-order valence-corrected chi connectivity index (χ3v) is 2.64. The fraction of sp³-hybridized carbons (Fsp3) is 0.167. The smallest absolute Gasteiger partial charge is 0.214 e. The highest BCUT2D eigenvalue weighted by molar-refractivity contribution is 6.32. The predicted molar refractivity (Wildman–Crippen MR) is 66.8 cm³/mol. The summed E-state index contributed by atoms with van der Waals surface area (Å²) in [6.07, 6.45) is 1.68. The summed E-state index contributed by atoms with van der Waals surface area (Å²) in [7, 11) is 3.87. The maximum absolute atomic E-state index is 12.8. The largest absolute Gasteiger partial charge is 0.378 e. The lowest BCUT2D eigenvalue weighted by molar-refractivity contribution is 0.584. The van der Waals surface area contributed by atoms with Crippen molar-refractivity contribution in [2.24, 2.45) is 0 Å². The summed E-state index contributed by atoms with van der Waals surface area (Å²) in [5, 5.41) is 0.119. The van der Waals surface area contributed by atoms with E-state index in [1.54, 1.807) is 12.3 Å². The van der Waals surface area contributed by atoms with Gasteiger partial charge >= 0.3 is 0 Å². The van der Waals surface area contributed by atoms with Crippen LogP contribution < -0.4 is 4.90 Å². The molecule has 0 amide bonds. The molecule has 5 heteroatoms. The molecule has 0 N–H and O–H groups in total. The van der Waals surface area contributed by atoms with E-state index in [2.05, 4.69) is 9.97 Å². The highest BCUT2D eigenvalue weighted by Gasteiger charge is 2.08. The van der Waals surface area contributed by atoms with E-state index in [1.807, 2.05) is 31.1 Å². The molecule has 0 saturated carbocycles. The Morgan fingerprint density at radius 3 is 2.65 bits per heavy atom. The Balaban J connectivity index is 2.49. The molecule has 0 saturated heterocycles. The van der Waals surface area contributed by atoms with Gasteiger partial charge in [0.25, 0.3) is 0 Å².